The summed E-state index contributed by atoms with van der Waals surface area (Å²) in [4.78, 5) is 1.86. The van der Waals surface area contributed by atoms with Crippen molar-refractivity contribution in [3.63, 3.8) is 0 Å². The van der Waals surface area contributed by atoms with Gasteiger partial charge in [-0.3, -0.25) is 4.90 Å². The van der Waals surface area contributed by atoms with Crippen molar-refractivity contribution >= 4 is 0 Å². The molecule has 2 saturated carbocycles. The summed E-state index contributed by atoms with van der Waals surface area (Å²) in [5.74, 6) is 0.736. The Hall–Kier alpha value is -0.200. The van der Waals surface area contributed by atoms with Crippen LogP contribution < -0.4 is 0 Å². The van der Waals surface area contributed by atoms with Crippen LogP contribution in [0.5, 0.6) is 0 Å². The number of nitrogens with zero attached hydrogens (tertiary/aromatic N) is 1. The highest BCUT2D eigenvalue weighted by Gasteiger charge is 2.61. The molecule has 0 aromatic carbocycles. The van der Waals surface area contributed by atoms with Crippen molar-refractivity contribution in [1.82, 2.24) is 4.90 Å². The first kappa shape index (κ1) is 18.1. The summed E-state index contributed by atoms with van der Waals surface area (Å²) in [5.41, 5.74) is 0.537. The van der Waals surface area contributed by atoms with Gasteiger partial charge >= 0.3 is 0 Å². The van der Waals surface area contributed by atoms with E-state index in [0.717, 1.165) is 12.3 Å². The lowest BCUT2D eigenvalue weighted by Gasteiger charge is -2.39. The predicted molar refractivity (Wildman–Crippen MR) is 85.6 cm³/mol. The van der Waals surface area contributed by atoms with Crippen LogP contribution in [0, 0.1) is 16.7 Å². The lowest BCUT2D eigenvalue weighted by molar-refractivity contribution is -0.0800. The van der Waals surface area contributed by atoms with Crippen molar-refractivity contribution in [1.29, 1.82) is 0 Å². The Morgan fingerprint density at radius 3 is 2.27 bits per heavy atom. The Balaban J connectivity index is 1.81. The second-order valence-corrected chi connectivity index (χ2v) is 7.83. The summed E-state index contributed by atoms with van der Waals surface area (Å²) in [6.07, 6.45) is 3.27. The van der Waals surface area contributed by atoms with E-state index in [1.165, 1.54) is 12.8 Å². The quantitative estimate of drug-likeness (QED) is 0.589. The summed E-state index contributed by atoms with van der Waals surface area (Å²) in [7, 11) is 0. The molecule has 0 aliphatic heterocycles. The molecule has 0 unspecified atom stereocenters. The molecule has 2 aliphatic rings. The third-order valence-electron chi connectivity index (χ3n) is 6.51. The third-order valence-corrected chi connectivity index (χ3v) is 6.51. The number of aliphatic hydroxyl groups excluding tert-OH is 3. The van der Waals surface area contributed by atoms with E-state index >= 15 is 0 Å². The van der Waals surface area contributed by atoms with Crippen molar-refractivity contribution in [2.75, 3.05) is 39.5 Å². The SMILES string of the molecule is CC1(C)[C@H]2CC[C@@]1(C)[C@@H](OC[C@@H](O)CN(CCO)CCO)C2. The average Bonchev–Trinajstić information content (AvgIpc) is 2.78. The molecule has 22 heavy (non-hydrogen) atoms. The maximum atomic E-state index is 10.2. The highest BCUT2D eigenvalue weighted by atomic mass is 16.5. The average molecular weight is 315 g/mol. The van der Waals surface area contributed by atoms with Gasteiger partial charge in [-0.15, -0.1) is 0 Å². The zero-order chi connectivity index (χ0) is 16.4. The molecule has 0 spiro atoms. The number of aliphatic hydroxyl groups is 3. The summed E-state index contributed by atoms with van der Waals surface area (Å²) in [6.45, 7) is 8.80. The monoisotopic (exact) mass is 315 g/mol. The van der Waals surface area contributed by atoms with Crippen LogP contribution in [0.4, 0.5) is 0 Å². The molecule has 2 bridgehead atoms. The first-order valence-corrected chi connectivity index (χ1v) is 8.59. The lowest BCUT2D eigenvalue weighted by atomic mass is 9.70. The molecule has 0 saturated heterocycles. The van der Waals surface area contributed by atoms with Gasteiger partial charge in [-0.2, -0.15) is 0 Å². The van der Waals surface area contributed by atoms with Gasteiger partial charge in [0.05, 0.1) is 32.0 Å². The molecule has 4 atom stereocenters. The first-order chi connectivity index (χ1) is 10.3. The second kappa shape index (κ2) is 7.14. The van der Waals surface area contributed by atoms with Gasteiger partial charge in [-0.1, -0.05) is 20.8 Å². The fourth-order valence-corrected chi connectivity index (χ4v) is 4.54. The summed E-state index contributed by atoms with van der Waals surface area (Å²) >= 11 is 0. The zero-order valence-corrected chi connectivity index (χ0v) is 14.3. The van der Waals surface area contributed by atoms with Gasteiger partial charge in [0.25, 0.3) is 0 Å². The molecule has 0 amide bonds. The maximum absolute atomic E-state index is 10.2. The van der Waals surface area contributed by atoms with Crippen LogP contribution in [0.3, 0.4) is 0 Å². The van der Waals surface area contributed by atoms with Crippen molar-refractivity contribution < 1.29 is 20.1 Å². The molecule has 2 aliphatic carbocycles. The summed E-state index contributed by atoms with van der Waals surface area (Å²) in [6, 6.07) is 0. The molecule has 5 nitrogen and oxygen atoms in total. The van der Waals surface area contributed by atoms with Crippen LogP contribution in [0.25, 0.3) is 0 Å². The number of rotatable bonds is 9. The van der Waals surface area contributed by atoms with Crippen LogP contribution in [0.1, 0.15) is 40.0 Å². The maximum Gasteiger partial charge on any atom is 0.0900 e. The minimum absolute atomic E-state index is 0.0319. The minimum Gasteiger partial charge on any atom is -0.395 e. The predicted octanol–water partition coefficient (Wildman–Crippen LogP) is 0.865. The third kappa shape index (κ3) is 3.34. The van der Waals surface area contributed by atoms with Gasteiger partial charge in [0.1, 0.15) is 0 Å². The van der Waals surface area contributed by atoms with E-state index in [9.17, 15) is 5.11 Å². The number of hydrogen-bond acceptors (Lipinski definition) is 5. The van der Waals surface area contributed by atoms with E-state index in [-0.39, 0.29) is 24.7 Å². The van der Waals surface area contributed by atoms with Gasteiger partial charge in [0.15, 0.2) is 0 Å². The molecule has 0 aromatic rings. The van der Waals surface area contributed by atoms with E-state index in [4.69, 9.17) is 14.9 Å². The summed E-state index contributed by atoms with van der Waals surface area (Å²) < 4.78 is 6.09. The van der Waals surface area contributed by atoms with Crippen LogP contribution in [-0.2, 0) is 4.74 Å². The van der Waals surface area contributed by atoms with E-state index in [1.807, 2.05) is 4.90 Å². The molecule has 0 aromatic heterocycles. The summed E-state index contributed by atoms with van der Waals surface area (Å²) in [5, 5.41) is 28.2. The van der Waals surface area contributed by atoms with Gasteiger partial charge in [0.2, 0.25) is 0 Å². The molecular weight excluding hydrogens is 282 g/mol. The van der Waals surface area contributed by atoms with Gasteiger partial charge in [-0.05, 0) is 36.0 Å². The Labute approximate surface area is 134 Å². The molecule has 0 heterocycles. The van der Waals surface area contributed by atoms with Crippen LogP contribution in [0.15, 0.2) is 0 Å². The van der Waals surface area contributed by atoms with Crippen molar-refractivity contribution in [3.8, 4) is 0 Å². The van der Waals surface area contributed by atoms with E-state index < -0.39 is 6.10 Å². The lowest BCUT2D eigenvalue weighted by Crippen LogP contribution is -2.41. The number of fused-ring (bicyclic) bond motifs is 2. The fourth-order valence-electron chi connectivity index (χ4n) is 4.54. The highest BCUT2D eigenvalue weighted by molar-refractivity contribution is 5.11. The van der Waals surface area contributed by atoms with Gasteiger partial charge in [0, 0.05) is 19.6 Å². The number of hydrogen-bond donors (Lipinski definition) is 3. The fraction of sp³-hybridized carbons (Fsp3) is 1.00. The molecule has 0 radical (unpaired) electrons. The van der Waals surface area contributed by atoms with Crippen molar-refractivity contribution in [2.24, 2.45) is 16.7 Å². The normalized spacial score (nSPS) is 34.5. The van der Waals surface area contributed by atoms with Crippen LogP contribution in [-0.4, -0.2) is 71.9 Å². The Bertz CT molecular complexity index is 357. The Morgan fingerprint density at radius 2 is 1.82 bits per heavy atom. The first-order valence-electron chi connectivity index (χ1n) is 8.59. The van der Waals surface area contributed by atoms with E-state index in [2.05, 4.69) is 20.8 Å². The Kier molecular flexibility index (Phi) is 5.89. The number of ether oxygens (including phenoxy) is 1. The molecular formula is C17H33NO4. The van der Waals surface area contributed by atoms with Crippen molar-refractivity contribution in [2.45, 2.75) is 52.2 Å². The molecule has 2 fully saturated rings. The van der Waals surface area contributed by atoms with E-state index in [1.54, 1.807) is 0 Å². The topological polar surface area (TPSA) is 73.2 Å². The van der Waals surface area contributed by atoms with Gasteiger partial charge < -0.3 is 20.1 Å². The molecule has 5 heteroatoms. The van der Waals surface area contributed by atoms with Crippen molar-refractivity contribution in [3.05, 3.63) is 0 Å². The zero-order valence-electron chi connectivity index (χ0n) is 14.3. The molecule has 3 N–H and O–H groups in total. The van der Waals surface area contributed by atoms with Crippen LogP contribution >= 0.6 is 0 Å². The Morgan fingerprint density at radius 1 is 1.18 bits per heavy atom. The minimum atomic E-state index is -0.580. The standard InChI is InChI=1S/C17H33NO4/c1-16(2)13-4-5-17(16,3)15(10-13)22-12-14(21)11-18(6-8-19)7-9-20/h13-15,19-21H,4-12H2,1-3H3/t13-,14-,15-,17-/m0/s1. The second-order valence-electron chi connectivity index (χ2n) is 7.83. The molecule has 2 rings (SSSR count). The smallest absolute Gasteiger partial charge is 0.0900 e. The highest BCUT2D eigenvalue weighted by Crippen LogP contribution is 2.66. The largest absolute Gasteiger partial charge is 0.395 e. The molecule has 130 valence electrons. The van der Waals surface area contributed by atoms with Gasteiger partial charge in [-0.25, -0.2) is 0 Å². The van der Waals surface area contributed by atoms with Crippen LogP contribution in [0.2, 0.25) is 0 Å². The van der Waals surface area contributed by atoms with E-state index in [0.29, 0.717) is 31.7 Å².